The highest BCUT2D eigenvalue weighted by Crippen LogP contribution is 2.25. The second-order valence-electron chi connectivity index (χ2n) is 11.4. The Morgan fingerprint density at radius 3 is 2.13 bits per heavy atom. The lowest BCUT2D eigenvalue weighted by molar-refractivity contribution is -0.147. The topological polar surface area (TPSA) is 95.9 Å². The van der Waals surface area contributed by atoms with Crippen LogP contribution in [0.25, 0.3) is 10.9 Å². The first kappa shape index (κ1) is 29.7. The summed E-state index contributed by atoms with van der Waals surface area (Å²) < 4.78 is 18.3. The van der Waals surface area contributed by atoms with Crippen LogP contribution in [0.1, 0.15) is 59.6 Å². The second kappa shape index (κ2) is 12.8. The van der Waals surface area contributed by atoms with Crippen LogP contribution in [0, 0.1) is 11.8 Å². The van der Waals surface area contributed by atoms with Crippen LogP contribution < -0.4 is 5.32 Å². The third-order valence-corrected chi connectivity index (χ3v) is 6.17. The van der Waals surface area contributed by atoms with Crippen molar-refractivity contribution >= 4 is 29.1 Å². The predicted octanol–water partition coefficient (Wildman–Crippen LogP) is 6.49. The van der Waals surface area contributed by atoms with Crippen molar-refractivity contribution in [3.63, 3.8) is 0 Å². The minimum Gasteiger partial charge on any atom is -0.459 e. The standard InChI is InChI=1S/C31H40N2O6/c1-20(2)27(21(3)4)38-30(36)33-18-23(24-15-11-12-16-26(24)33)17-25(32-29(35)39-31(5,6)7)28(34)37-19-22-13-9-8-10-14-22/h8-16,18,20-21,25,27H,17,19H2,1-7H3,(H,32,35)/t25-/m0/s1. The molecule has 0 bridgehead atoms. The number of rotatable bonds is 9. The van der Waals surface area contributed by atoms with E-state index in [1.54, 1.807) is 27.0 Å². The van der Waals surface area contributed by atoms with Gasteiger partial charge in [0.15, 0.2) is 0 Å². The van der Waals surface area contributed by atoms with Gasteiger partial charge in [-0.1, -0.05) is 76.2 Å². The lowest BCUT2D eigenvalue weighted by Gasteiger charge is -2.25. The number of hydrogen-bond acceptors (Lipinski definition) is 6. The lowest BCUT2D eigenvalue weighted by Crippen LogP contribution is -2.45. The van der Waals surface area contributed by atoms with Crippen LogP contribution in [-0.2, 0) is 32.0 Å². The number of nitrogens with one attached hydrogen (secondary N) is 1. The van der Waals surface area contributed by atoms with E-state index >= 15 is 0 Å². The Morgan fingerprint density at radius 2 is 1.51 bits per heavy atom. The predicted molar refractivity (Wildman–Crippen MR) is 150 cm³/mol. The summed E-state index contributed by atoms with van der Waals surface area (Å²) in [6.45, 7) is 13.4. The van der Waals surface area contributed by atoms with Gasteiger partial charge in [-0.3, -0.25) is 4.57 Å². The van der Waals surface area contributed by atoms with Crippen molar-refractivity contribution in [2.45, 2.75) is 79.2 Å². The molecule has 210 valence electrons. The van der Waals surface area contributed by atoms with Gasteiger partial charge in [-0.2, -0.15) is 0 Å². The fourth-order valence-corrected chi connectivity index (χ4v) is 4.47. The van der Waals surface area contributed by atoms with Gasteiger partial charge in [0.25, 0.3) is 0 Å². The van der Waals surface area contributed by atoms with Crippen LogP contribution >= 0.6 is 0 Å². The highest BCUT2D eigenvalue weighted by molar-refractivity contribution is 5.93. The molecule has 2 aromatic carbocycles. The van der Waals surface area contributed by atoms with Gasteiger partial charge in [-0.25, -0.2) is 14.4 Å². The number of carbonyl (C=O) groups excluding carboxylic acids is 3. The number of benzene rings is 2. The Balaban J connectivity index is 1.90. The molecule has 1 aromatic heterocycles. The van der Waals surface area contributed by atoms with E-state index in [9.17, 15) is 14.4 Å². The van der Waals surface area contributed by atoms with Crippen molar-refractivity contribution in [1.82, 2.24) is 9.88 Å². The molecule has 8 heteroatoms. The van der Waals surface area contributed by atoms with Crippen molar-refractivity contribution in [2.24, 2.45) is 11.8 Å². The first-order chi connectivity index (χ1) is 18.4. The summed E-state index contributed by atoms with van der Waals surface area (Å²) in [6, 6.07) is 15.6. The molecule has 0 saturated heterocycles. The molecule has 1 heterocycles. The van der Waals surface area contributed by atoms with Crippen LogP contribution in [0.2, 0.25) is 0 Å². The molecule has 0 spiro atoms. The number of carbonyl (C=O) groups is 3. The summed E-state index contributed by atoms with van der Waals surface area (Å²) in [5, 5.41) is 3.43. The van der Waals surface area contributed by atoms with Crippen molar-refractivity contribution in [3.8, 4) is 0 Å². The summed E-state index contributed by atoms with van der Waals surface area (Å²) >= 11 is 0. The first-order valence-electron chi connectivity index (χ1n) is 13.4. The summed E-state index contributed by atoms with van der Waals surface area (Å²) in [7, 11) is 0. The SMILES string of the molecule is CC(C)C(OC(=O)n1cc(C[C@H](NC(=O)OC(C)(C)C)C(=O)OCc2ccccc2)c2ccccc21)C(C)C. The summed E-state index contributed by atoms with van der Waals surface area (Å²) in [4.78, 5) is 39.1. The molecule has 0 fully saturated rings. The Hall–Kier alpha value is -3.81. The Labute approximate surface area is 230 Å². The maximum atomic E-state index is 13.3. The minimum atomic E-state index is -1.04. The first-order valence-corrected chi connectivity index (χ1v) is 13.4. The Bertz CT molecular complexity index is 1270. The van der Waals surface area contributed by atoms with Gasteiger partial charge >= 0.3 is 18.2 Å². The van der Waals surface area contributed by atoms with Crippen molar-refractivity contribution in [2.75, 3.05) is 0 Å². The zero-order valence-electron chi connectivity index (χ0n) is 23.9. The van der Waals surface area contributed by atoms with E-state index in [0.29, 0.717) is 11.1 Å². The highest BCUT2D eigenvalue weighted by Gasteiger charge is 2.29. The molecule has 1 atom stereocenters. The van der Waals surface area contributed by atoms with Gasteiger partial charge in [0.2, 0.25) is 0 Å². The molecule has 0 radical (unpaired) electrons. The van der Waals surface area contributed by atoms with E-state index in [2.05, 4.69) is 5.32 Å². The number of nitrogens with zero attached hydrogens (tertiary/aromatic N) is 1. The average molecular weight is 537 g/mol. The van der Waals surface area contributed by atoms with E-state index in [4.69, 9.17) is 14.2 Å². The maximum Gasteiger partial charge on any atom is 0.418 e. The van der Waals surface area contributed by atoms with Gasteiger partial charge in [-0.05, 0) is 49.8 Å². The molecule has 3 rings (SSSR count). The third kappa shape index (κ3) is 8.34. The number of ether oxygens (including phenoxy) is 3. The fraction of sp³-hybridized carbons (Fsp3) is 0.452. The molecule has 8 nitrogen and oxygen atoms in total. The largest absolute Gasteiger partial charge is 0.459 e. The number of alkyl carbamates (subject to hydrolysis) is 1. The smallest absolute Gasteiger partial charge is 0.418 e. The van der Waals surface area contributed by atoms with Gasteiger partial charge in [0.1, 0.15) is 24.4 Å². The van der Waals surface area contributed by atoms with Crippen molar-refractivity contribution in [3.05, 3.63) is 71.9 Å². The zero-order valence-corrected chi connectivity index (χ0v) is 23.9. The van der Waals surface area contributed by atoms with Gasteiger partial charge in [0, 0.05) is 18.0 Å². The van der Waals surface area contributed by atoms with E-state index in [1.165, 1.54) is 4.57 Å². The van der Waals surface area contributed by atoms with Crippen LogP contribution in [0.15, 0.2) is 60.8 Å². The number of fused-ring (bicyclic) bond motifs is 1. The second-order valence-corrected chi connectivity index (χ2v) is 11.4. The van der Waals surface area contributed by atoms with E-state index in [1.807, 2.05) is 82.3 Å². The number of aromatic nitrogens is 1. The van der Waals surface area contributed by atoms with Crippen LogP contribution in [0.3, 0.4) is 0 Å². The van der Waals surface area contributed by atoms with Crippen LogP contribution in [0.4, 0.5) is 9.59 Å². The number of para-hydroxylation sites is 1. The van der Waals surface area contributed by atoms with Gasteiger partial charge in [-0.15, -0.1) is 0 Å². The normalized spacial score (nSPS) is 12.6. The average Bonchev–Trinajstić information content (AvgIpc) is 3.23. The Kier molecular flexibility index (Phi) is 9.78. The van der Waals surface area contributed by atoms with E-state index in [0.717, 1.165) is 10.9 Å². The molecule has 0 aliphatic rings. The molecule has 0 saturated carbocycles. The van der Waals surface area contributed by atoms with Crippen LogP contribution in [0.5, 0.6) is 0 Å². The van der Waals surface area contributed by atoms with Gasteiger partial charge < -0.3 is 19.5 Å². The highest BCUT2D eigenvalue weighted by atomic mass is 16.6. The molecule has 0 unspecified atom stereocenters. The van der Waals surface area contributed by atoms with Crippen molar-refractivity contribution in [1.29, 1.82) is 0 Å². The molecule has 3 aromatic rings. The molecular formula is C31H40N2O6. The summed E-state index contributed by atoms with van der Waals surface area (Å²) in [5.41, 5.74) is 1.42. The fourth-order valence-electron chi connectivity index (χ4n) is 4.47. The number of amides is 1. The molecular weight excluding hydrogens is 496 g/mol. The Morgan fingerprint density at radius 1 is 0.897 bits per heavy atom. The molecule has 1 amide bonds. The van der Waals surface area contributed by atoms with Gasteiger partial charge in [0.05, 0.1) is 5.52 Å². The van der Waals surface area contributed by atoms with Crippen LogP contribution in [-0.4, -0.2) is 40.5 Å². The molecule has 1 N–H and O–H groups in total. The van der Waals surface area contributed by atoms with E-state index in [-0.39, 0.29) is 31.0 Å². The summed E-state index contributed by atoms with van der Waals surface area (Å²) in [5.74, 6) is -0.308. The minimum absolute atomic E-state index is 0.0616. The number of hydrogen-bond donors (Lipinski definition) is 1. The monoisotopic (exact) mass is 536 g/mol. The molecule has 39 heavy (non-hydrogen) atoms. The number of esters is 1. The zero-order chi connectivity index (χ0) is 28.7. The third-order valence-electron chi connectivity index (χ3n) is 6.17. The molecule has 0 aliphatic heterocycles. The summed E-state index contributed by atoms with van der Waals surface area (Å²) in [6.07, 6.45) is 0.276. The lowest BCUT2D eigenvalue weighted by atomic mass is 9.96. The van der Waals surface area contributed by atoms with E-state index < -0.39 is 29.8 Å². The molecule has 0 aliphatic carbocycles. The van der Waals surface area contributed by atoms with Crippen molar-refractivity contribution < 1.29 is 28.6 Å². The maximum absolute atomic E-state index is 13.3. The quantitative estimate of drug-likeness (QED) is 0.248.